The molecule has 1 N–H and O–H groups in total. The van der Waals surface area contributed by atoms with Crippen molar-refractivity contribution in [3.63, 3.8) is 0 Å². The predicted molar refractivity (Wildman–Crippen MR) is 78.2 cm³/mol. The second-order valence-corrected chi connectivity index (χ2v) is 4.46. The maximum atomic E-state index is 3.12. The molecule has 0 aliphatic heterocycles. The number of rotatable bonds is 4. The second-order valence-electron chi connectivity index (χ2n) is 4.46. The minimum atomic E-state index is 0.898. The van der Waals surface area contributed by atoms with Gasteiger partial charge < -0.3 is 9.88 Å². The highest BCUT2D eigenvalue weighted by Gasteiger charge is 2.07. The minimum absolute atomic E-state index is 0.898. The van der Waals surface area contributed by atoms with Crippen molar-refractivity contribution in [1.82, 2.24) is 9.88 Å². The summed E-state index contributed by atoms with van der Waals surface area (Å²) in [6, 6.07) is 12.7. The lowest BCUT2D eigenvalue weighted by molar-refractivity contribution is 0.922. The summed E-state index contributed by atoms with van der Waals surface area (Å²) < 4.78 is 2.29. The summed E-state index contributed by atoms with van der Waals surface area (Å²) >= 11 is 0. The van der Waals surface area contributed by atoms with Gasteiger partial charge in [-0.25, -0.2) is 0 Å². The van der Waals surface area contributed by atoms with Crippen LogP contribution in [0.5, 0.6) is 0 Å². The number of nitrogens with zero attached hydrogens (tertiary/aromatic N) is 1. The minimum Gasteiger partial charge on any atom is -0.318 e. The molecule has 2 aromatic rings. The molecule has 0 amide bonds. The molecule has 0 unspecified atom stereocenters. The lowest BCUT2D eigenvalue weighted by Crippen LogP contribution is -2.03. The number of likely N-dealkylation sites (N-methyl/N-ethyl adjacent to an activating group) is 1. The monoisotopic (exact) mass is 240 g/mol. The summed E-state index contributed by atoms with van der Waals surface area (Å²) in [5, 5.41) is 3.12. The van der Waals surface area contributed by atoms with E-state index in [2.05, 4.69) is 66.2 Å². The van der Waals surface area contributed by atoms with Gasteiger partial charge in [0.15, 0.2) is 0 Å². The topological polar surface area (TPSA) is 17.0 Å². The van der Waals surface area contributed by atoms with Crippen LogP contribution in [-0.4, -0.2) is 18.2 Å². The van der Waals surface area contributed by atoms with Crippen LogP contribution in [0.1, 0.15) is 17.0 Å². The van der Waals surface area contributed by atoms with Crippen molar-refractivity contribution in [3.8, 4) is 5.69 Å². The Morgan fingerprint density at radius 2 is 1.89 bits per heavy atom. The van der Waals surface area contributed by atoms with Crippen LogP contribution in [0.4, 0.5) is 0 Å². The van der Waals surface area contributed by atoms with Crippen molar-refractivity contribution in [2.75, 3.05) is 13.6 Å². The molecule has 1 aromatic carbocycles. The van der Waals surface area contributed by atoms with Crippen molar-refractivity contribution >= 4 is 6.08 Å². The van der Waals surface area contributed by atoms with Crippen LogP contribution in [0.3, 0.4) is 0 Å². The number of hydrogen-bond acceptors (Lipinski definition) is 1. The van der Waals surface area contributed by atoms with E-state index in [4.69, 9.17) is 0 Å². The van der Waals surface area contributed by atoms with Crippen molar-refractivity contribution in [3.05, 3.63) is 59.4 Å². The molecule has 94 valence electrons. The van der Waals surface area contributed by atoms with Gasteiger partial charge in [-0.1, -0.05) is 30.4 Å². The highest BCUT2D eigenvalue weighted by atomic mass is 15.0. The Bertz CT molecular complexity index is 536. The molecule has 0 bridgehead atoms. The van der Waals surface area contributed by atoms with Gasteiger partial charge in [0.2, 0.25) is 0 Å². The zero-order chi connectivity index (χ0) is 13.0. The summed E-state index contributed by atoms with van der Waals surface area (Å²) in [6.45, 7) is 5.21. The first-order valence-electron chi connectivity index (χ1n) is 6.29. The largest absolute Gasteiger partial charge is 0.318 e. The molecule has 18 heavy (non-hydrogen) atoms. The first-order chi connectivity index (χ1) is 8.74. The SMILES string of the molecule is CNCC=Cc1cc(C)n(-c2ccccc2)c1C. The van der Waals surface area contributed by atoms with E-state index in [9.17, 15) is 0 Å². The number of benzene rings is 1. The molecule has 0 atom stereocenters. The van der Waals surface area contributed by atoms with Crippen LogP contribution < -0.4 is 5.32 Å². The van der Waals surface area contributed by atoms with Gasteiger partial charge in [-0.15, -0.1) is 0 Å². The van der Waals surface area contributed by atoms with Crippen LogP contribution in [0.2, 0.25) is 0 Å². The van der Waals surface area contributed by atoms with E-state index in [0.717, 1.165) is 6.54 Å². The number of nitrogens with one attached hydrogen (secondary N) is 1. The van der Waals surface area contributed by atoms with Gasteiger partial charge in [0.05, 0.1) is 0 Å². The lowest BCUT2D eigenvalue weighted by Gasteiger charge is -2.09. The Hall–Kier alpha value is -1.80. The van der Waals surface area contributed by atoms with E-state index < -0.39 is 0 Å². The lowest BCUT2D eigenvalue weighted by atomic mass is 10.2. The van der Waals surface area contributed by atoms with Gasteiger partial charge in [-0.2, -0.15) is 0 Å². The average molecular weight is 240 g/mol. The molecule has 0 aliphatic carbocycles. The highest BCUT2D eigenvalue weighted by Crippen LogP contribution is 2.21. The predicted octanol–water partition coefficient (Wildman–Crippen LogP) is 3.33. The smallest absolute Gasteiger partial charge is 0.0455 e. The summed E-state index contributed by atoms with van der Waals surface area (Å²) in [7, 11) is 1.96. The van der Waals surface area contributed by atoms with Crippen LogP contribution >= 0.6 is 0 Å². The quantitative estimate of drug-likeness (QED) is 0.867. The first kappa shape index (κ1) is 12.7. The van der Waals surface area contributed by atoms with Crippen LogP contribution in [0.25, 0.3) is 11.8 Å². The molecule has 0 fully saturated rings. The molecule has 0 saturated carbocycles. The van der Waals surface area contributed by atoms with E-state index in [1.165, 1.54) is 22.6 Å². The Labute approximate surface area is 109 Å². The summed E-state index contributed by atoms with van der Waals surface area (Å²) in [5.41, 5.74) is 5.06. The van der Waals surface area contributed by atoms with Gasteiger partial charge in [-0.05, 0) is 44.7 Å². The van der Waals surface area contributed by atoms with Crippen LogP contribution in [0, 0.1) is 13.8 Å². The standard InChI is InChI=1S/C16H20N2/c1-13-12-15(8-7-11-17-3)14(2)18(13)16-9-5-4-6-10-16/h4-10,12,17H,11H2,1-3H3. The number of aromatic nitrogens is 1. The molecule has 2 nitrogen and oxygen atoms in total. The maximum absolute atomic E-state index is 3.12. The van der Waals surface area contributed by atoms with Crippen molar-refractivity contribution in [2.24, 2.45) is 0 Å². The summed E-state index contributed by atoms with van der Waals surface area (Å²) in [5.74, 6) is 0. The zero-order valence-corrected chi connectivity index (χ0v) is 11.3. The molecule has 0 saturated heterocycles. The normalized spacial score (nSPS) is 11.3. The van der Waals surface area contributed by atoms with Gasteiger partial charge in [-0.3, -0.25) is 0 Å². The third kappa shape index (κ3) is 2.54. The molecule has 1 aromatic heterocycles. The number of hydrogen-bond donors (Lipinski definition) is 1. The van der Waals surface area contributed by atoms with Crippen LogP contribution in [0.15, 0.2) is 42.5 Å². The molecular weight excluding hydrogens is 220 g/mol. The maximum Gasteiger partial charge on any atom is 0.0455 e. The van der Waals surface area contributed by atoms with Gasteiger partial charge in [0.25, 0.3) is 0 Å². The molecule has 2 rings (SSSR count). The average Bonchev–Trinajstić information content (AvgIpc) is 2.66. The Morgan fingerprint density at radius 3 is 2.56 bits per heavy atom. The Balaban J connectivity index is 2.39. The van der Waals surface area contributed by atoms with Crippen molar-refractivity contribution in [1.29, 1.82) is 0 Å². The Kier molecular flexibility index (Phi) is 4.00. The van der Waals surface area contributed by atoms with Crippen LogP contribution in [-0.2, 0) is 0 Å². The van der Waals surface area contributed by atoms with E-state index in [0.29, 0.717) is 0 Å². The van der Waals surface area contributed by atoms with E-state index in [1.54, 1.807) is 0 Å². The van der Waals surface area contributed by atoms with Gasteiger partial charge >= 0.3 is 0 Å². The molecule has 0 radical (unpaired) electrons. The fraction of sp³-hybridized carbons (Fsp3) is 0.250. The van der Waals surface area contributed by atoms with E-state index >= 15 is 0 Å². The van der Waals surface area contributed by atoms with Crippen molar-refractivity contribution < 1.29 is 0 Å². The third-order valence-electron chi connectivity index (χ3n) is 3.10. The number of aryl methyl sites for hydroxylation is 1. The number of para-hydroxylation sites is 1. The Morgan fingerprint density at radius 1 is 1.17 bits per heavy atom. The molecular formula is C16H20N2. The molecule has 1 heterocycles. The first-order valence-corrected chi connectivity index (χ1v) is 6.29. The fourth-order valence-electron chi connectivity index (χ4n) is 2.23. The third-order valence-corrected chi connectivity index (χ3v) is 3.10. The van der Waals surface area contributed by atoms with Gasteiger partial charge in [0, 0.05) is 23.6 Å². The van der Waals surface area contributed by atoms with E-state index in [-0.39, 0.29) is 0 Å². The summed E-state index contributed by atoms with van der Waals surface area (Å²) in [4.78, 5) is 0. The summed E-state index contributed by atoms with van der Waals surface area (Å²) in [6.07, 6.45) is 4.33. The van der Waals surface area contributed by atoms with Gasteiger partial charge in [0.1, 0.15) is 0 Å². The second kappa shape index (κ2) is 5.69. The molecule has 0 spiro atoms. The van der Waals surface area contributed by atoms with Crippen molar-refractivity contribution in [2.45, 2.75) is 13.8 Å². The zero-order valence-electron chi connectivity index (χ0n) is 11.3. The van der Waals surface area contributed by atoms with E-state index in [1.807, 2.05) is 13.1 Å². The molecule has 0 aliphatic rings. The molecule has 2 heteroatoms. The fourth-order valence-corrected chi connectivity index (χ4v) is 2.23. The highest BCUT2D eigenvalue weighted by molar-refractivity contribution is 5.56.